The van der Waals surface area contributed by atoms with E-state index in [2.05, 4.69) is 56.6 Å². The predicted molar refractivity (Wildman–Crippen MR) is 102 cm³/mol. The molecule has 0 aromatic carbocycles. The predicted octanol–water partition coefficient (Wildman–Crippen LogP) is 2.35. The van der Waals surface area contributed by atoms with Gasteiger partial charge in [-0.3, -0.25) is 0 Å². The van der Waals surface area contributed by atoms with Crippen molar-refractivity contribution in [2.45, 2.75) is 19.3 Å². The van der Waals surface area contributed by atoms with Crippen LogP contribution >= 0.6 is 15.9 Å². The number of halogens is 1. The van der Waals surface area contributed by atoms with Crippen molar-refractivity contribution in [3.8, 4) is 0 Å². The van der Waals surface area contributed by atoms with Crippen LogP contribution in [0.25, 0.3) is 0 Å². The lowest BCUT2D eigenvalue weighted by Gasteiger charge is -2.35. The average molecular weight is 404 g/mol. The van der Waals surface area contributed by atoms with Gasteiger partial charge in [-0.25, -0.2) is 19.9 Å². The summed E-state index contributed by atoms with van der Waals surface area (Å²) in [6, 6.07) is 2.14. The van der Waals surface area contributed by atoms with Crippen LogP contribution < -0.4 is 14.7 Å². The number of rotatable bonds is 3. The summed E-state index contributed by atoms with van der Waals surface area (Å²) >= 11 is 3.38. The average Bonchev–Trinajstić information content (AvgIpc) is 2.70. The molecule has 2 aromatic rings. The van der Waals surface area contributed by atoms with E-state index in [4.69, 9.17) is 0 Å². The second-order valence-corrected chi connectivity index (χ2v) is 7.37. The number of aromatic nitrogens is 4. The molecule has 0 amide bonds. The van der Waals surface area contributed by atoms with Gasteiger partial charge in [-0.05, 0) is 35.2 Å². The van der Waals surface area contributed by atoms with Gasteiger partial charge in [0.2, 0.25) is 5.95 Å². The Labute approximate surface area is 156 Å². The lowest BCUT2D eigenvalue weighted by atomic mass is 10.1. The highest BCUT2D eigenvalue weighted by Crippen LogP contribution is 2.22. The van der Waals surface area contributed by atoms with Gasteiger partial charge in [0, 0.05) is 57.7 Å². The van der Waals surface area contributed by atoms with Crippen LogP contribution in [-0.2, 0) is 0 Å². The second-order valence-electron chi connectivity index (χ2n) is 6.46. The SMILES string of the molecule is Brc1cnc(N2CCN(c3cc(N4CCCCC4)ncn3)CC2)nc1. The third kappa shape index (κ3) is 3.84. The molecule has 2 aromatic heterocycles. The molecule has 2 aliphatic rings. The standard InChI is InChI=1S/C17H22BrN7/c18-14-11-19-17(20-12-14)25-8-6-24(7-9-25)16-10-15(21-13-22-16)23-4-2-1-3-5-23/h10-13H,1-9H2. The van der Waals surface area contributed by atoms with Crippen LogP contribution in [0.4, 0.5) is 17.6 Å². The molecular weight excluding hydrogens is 382 g/mol. The van der Waals surface area contributed by atoms with Crippen LogP contribution in [0.5, 0.6) is 0 Å². The number of hydrogen-bond acceptors (Lipinski definition) is 7. The molecule has 25 heavy (non-hydrogen) atoms. The summed E-state index contributed by atoms with van der Waals surface area (Å²) in [7, 11) is 0. The number of piperazine rings is 1. The summed E-state index contributed by atoms with van der Waals surface area (Å²) in [6.07, 6.45) is 9.13. The largest absolute Gasteiger partial charge is 0.356 e. The number of nitrogens with zero attached hydrogens (tertiary/aromatic N) is 7. The molecule has 0 unspecified atom stereocenters. The highest BCUT2D eigenvalue weighted by molar-refractivity contribution is 9.10. The molecular formula is C17H22BrN7. The van der Waals surface area contributed by atoms with Gasteiger partial charge in [0.15, 0.2) is 0 Å². The first kappa shape index (κ1) is 16.5. The third-order valence-corrected chi connectivity index (χ3v) is 5.22. The smallest absolute Gasteiger partial charge is 0.225 e. The van der Waals surface area contributed by atoms with Crippen molar-refractivity contribution in [1.29, 1.82) is 0 Å². The molecule has 0 radical (unpaired) electrons. The van der Waals surface area contributed by atoms with Crippen LogP contribution in [0, 0.1) is 0 Å². The van der Waals surface area contributed by atoms with Crippen LogP contribution in [0.1, 0.15) is 19.3 Å². The first-order valence-corrected chi connectivity index (χ1v) is 9.63. The molecule has 0 bridgehead atoms. The molecule has 0 atom stereocenters. The Balaban J connectivity index is 1.41. The van der Waals surface area contributed by atoms with Crippen molar-refractivity contribution in [2.24, 2.45) is 0 Å². The highest BCUT2D eigenvalue weighted by atomic mass is 79.9. The summed E-state index contributed by atoms with van der Waals surface area (Å²) < 4.78 is 0.904. The van der Waals surface area contributed by atoms with Gasteiger partial charge in [-0.1, -0.05) is 0 Å². The highest BCUT2D eigenvalue weighted by Gasteiger charge is 2.21. The Bertz CT molecular complexity index is 694. The number of anilines is 3. The summed E-state index contributed by atoms with van der Waals surface area (Å²) in [5.41, 5.74) is 0. The van der Waals surface area contributed by atoms with Crippen LogP contribution in [-0.4, -0.2) is 59.2 Å². The fraction of sp³-hybridized carbons (Fsp3) is 0.529. The summed E-state index contributed by atoms with van der Waals surface area (Å²) in [5.74, 6) is 2.87. The van der Waals surface area contributed by atoms with E-state index >= 15 is 0 Å². The molecule has 2 fully saturated rings. The van der Waals surface area contributed by atoms with Gasteiger partial charge in [-0.15, -0.1) is 0 Å². The van der Waals surface area contributed by atoms with Crippen molar-refractivity contribution < 1.29 is 0 Å². The Hall–Kier alpha value is -1.96. The lowest BCUT2D eigenvalue weighted by molar-refractivity contribution is 0.572. The molecule has 4 heterocycles. The molecule has 0 aliphatic carbocycles. The van der Waals surface area contributed by atoms with E-state index < -0.39 is 0 Å². The van der Waals surface area contributed by atoms with Crippen LogP contribution in [0.15, 0.2) is 29.3 Å². The van der Waals surface area contributed by atoms with Crippen molar-refractivity contribution in [2.75, 3.05) is 54.0 Å². The fourth-order valence-electron chi connectivity index (χ4n) is 3.41. The lowest BCUT2D eigenvalue weighted by Crippen LogP contribution is -2.47. The van der Waals surface area contributed by atoms with Crippen molar-refractivity contribution in [3.05, 3.63) is 29.3 Å². The monoisotopic (exact) mass is 403 g/mol. The molecule has 2 aliphatic heterocycles. The topological polar surface area (TPSA) is 61.3 Å². The Kier molecular flexibility index (Phi) is 4.96. The molecule has 0 spiro atoms. The maximum atomic E-state index is 4.50. The van der Waals surface area contributed by atoms with E-state index in [1.807, 2.05) is 0 Å². The number of hydrogen-bond donors (Lipinski definition) is 0. The van der Waals surface area contributed by atoms with Gasteiger partial charge >= 0.3 is 0 Å². The summed E-state index contributed by atoms with van der Waals surface area (Å²) in [5, 5.41) is 0. The zero-order chi connectivity index (χ0) is 17.1. The molecule has 4 rings (SSSR count). The quantitative estimate of drug-likeness (QED) is 0.778. The zero-order valence-electron chi connectivity index (χ0n) is 14.2. The van der Waals surface area contributed by atoms with E-state index in [1.54, 1.807) is 18.7 Å². The van der Waals surface area contributed by atoms with Gasteiger partial charge in [0.1, 0.15) is 18.0 Å². The van der Waals surface area contributed by atoms with Gasteiger partial charge < -0.3 is 14.7 Å². The molecule has 7 nitrogen and oxygen atoms in total. The first-order valence-electron chi connectivity index (χ1n) is 8.84. The van der Waals surface area contributed by atoms with Crippen molar-refractivity contribution in [3.63, 3.8) is 0 Å². The fourth-order valence-corrected chi connectivity index (χ4v) is 3.62. The zero-order valence-corrected chi connectivity index (χ0v) is 15.8. The van der Waals surface area contributed by atoms with Crippen molar-refractivity contribution in [1.82, 2.24) is 19.9 Å². The molecule has 2 saturated heterocycles. The van der Waals surface area contributed by atoms with E-state index in [-0.39, 0.29) is 0 Å². The molecule has 8 heteroatoms. The Morgan fingerprint density at radius 3 is 1.88 bits per heavy atom. The number of piperidine rings is 1. The van der Waals surface area contributed by atoms with Gasteiger partial charge in [0.05, 0.1) is 4.47 Å². The third-order valence-electron chi connectivity index (χ3n) is 4.81. The first-order chi connectivity index (χ1) is 12.3. The molecule has 0 saturated carbocycles. The van der Waals surface area contributed by atoms with E-state index in [9.17, 15) is 0 Å². The van der Waals surface area contributed by atoms with Gasteiger partial charge in [-0.2, -0.15) is 0 Å². The Morgan fingerprint density at radius 2 is 1.24 bits per heavy atom. The minimum Gasteiger partial charge on any atom is -0.356 e. The van der Waals surface area contributed by atoms with Crippen molar-refractivity contribution >= 4 is 33.5 Å². The minimum atomic E-state index is 0.791. The van der Waals surface area contributed by atoms with E-state index in [0.717, 1.165) is 61.3 Å². The molecule has 0 N–H and O–H groups in total. The molecule has 132 valence electrons. The normalized spacial score (nSPS) is 18.5. The maximum Gasteiger partial charge on any atom is 0.225 e. The van der Waals surface area contributed by atoms with Crippen LogP contribution in [0.3, 0.4) is 0 Å². The van der Waals surface area contributed by atoms with Crippen LogP contribution in [0.2, 0.25) is 0 Å². The minimum absolute atomic E-state index is 0.791. The Morgan fingerprint density at radius 1 is 0.680 bits per heavy atom. The maximum absolute atomic E-state index is 4.50. The summed E-state index contributed by atoms with van der Waals surface area (Å²) in [4.78, 5) is 24.7. The van der Waals surface area contributed by atoms with E-state index in [1.165, 1.54) is 19.3 Å². The van der Waals surface area contributed by atoms with Gasteiger partial charge in [0.25, 0.3) is 0 Å². The van der Waals surface area contributed by atoms with E-state index in [0.29, 0.717) is 0 Å². The second kappa shape index (κ2) is 7.51. The summed E-state index contributed by atoms with van der Waals surface area (Å²) in [6.45, 7) is 5.82.